The van der Waals surface area contributed by atoms with E-state index in [9.17, 15) is 5.11 Å². The first-order valence-electron chi connectivity index (χ1n) is 4.75. The predicted octanol–water partition coefficient (Wildman–Crippen LogP) is 1.67. The van der Waals surface area contributed by atoms with Gasteiger partial charge in [0.05, 0.1) is 6.10 Å². The number of hydrogen-bond acceptors (Lipinski definition) is 2. The quantitative estimate of drug-likeness (QED) is 0.716. The summed E-state index contributed by atoms with van der Waals surface area (Å²) in [5.74, 6) is 0. The number of nitrogens with zero attached hydrogens (tertiary/aromatic N) is 1. The van der Waals surface area contributed by atoms with Gasteiger partial charge < -0.3 is 5.11 Å². The van der Waals surface area contributed by atoms with Crippen LogP contribution in [0, 0.1) is 0 Å². The fraction of sp³-hybridized carbons (Fsp3) is 0.333. The zero-order valence-electron chi connectivity index (χ0n) is 8.56. The number of benzene rings is 1. The Morgan fingerprint density at radius 3 is 2.64 bits per heavy atom. The highest BCUT2D eigenvalue weighted by molar-refractivity contribution is 5.14. The van der Waals surface area contributed by atoms with E-state index in [4.69, 9.17) is 0 Å². The third-order valence-corrected chi connectivity index (χ3v) is 2.07. The van der Waals surface area contributed by atoms with Crippen molar-refractivity contribution < 1.29 is 5.11 Å². The molecule has 0 aliphatic carbocycles. The van der Waals surface area contributed by atoms with Gasteiger partial charge >= 0.3 is 0 Å². The first kappa shape index (κ1) is 11.0. The zero-order chi connectivity index (χ0) is 10.4. The second-order valence-electron chi connectivity index (χ2n) is 3.49. The van der Waals surface area contributed by atoms with Crippen molar-refractivity contribution in [1.82, 2.24) is 4.90 Å². The normalized spacial score (nSPS) is 12.8. The summed E-state index contributed by atoms with van der Waals surface area (Å²) >= 11 is 0. The molecule has 0 aliphatic rings. The Hall–Kier alpha value is -1.12. The molecule has 1 unspecified atom stereocenters. The zero-order valence-corrected chi connectivity index (χ0v) is 8.56. The Kier molecular flexibility index (Phi) is 4.36. The Labute approximate surface area is 85.5 Å². The molecule has 0 fully saturated rings. The van der Waals surface area contributed by atoms with Gasteiger partial charge in [0, 0.05) is 13.1 Å². The summed E-state index contributed by atoms with van der Waals surface area (Å²) in [6.45, 7) is 5.02. The molecule has 1 N–H and O–H groups in total. The molecule has 0 amide bonds. The van der Waals surface area contributed by atoms with E-state index in [1.807, 2.05) is 25.2 Å². The minimum Gasteiger partial charge on any atom is -0.388 e. The van der Waals surface area contributed by atoms with E-state index in [2.05, 4.69) is 23.6 Å². The van der Waals surface area contributed by atoms with Crippen molar-refractivity contribution in [3.05, 3.63) is 48.6 Å². The fourth-order valence-electron chi connectivity index (χ4n) is 1.35. The minimum atomic E-state index is -0.441. The predicted molar refractivity (Wildman–Crippen MR) is 59.0 cm³/mol. The molecule has 0 spiro atoms. The van der Waals surface area contributed by atoms with E-state index < -0.39 is 6.10 Å². The summed E-state index contributed by atoms with van der Waals surface area (Å²) in [5.41, 5.74) is 1.26. The van der Waals surface area contributed by atoms with Crippen LogP contribution in [0.2, 0.25) is 0 Å². The first-order chi connectivity index (χ1) is 6.72. The van der Waals surface area contributed by atoms with Crippen LogP contribution in [0.15, 0.2) is 43.0 Å². The van der Waals surface area contributed by atoms with Crippen LogP contribution in [0.1, 0.15) is 5.56 Å². The van der Waals surface area contributed by atoms with Gasteiger partial charge in [-0.15, -0.1) is 6.58 Å². The smallest absolute Gasteiger partial charge is 0.0845 e. The van der Waals surface area contributed by atoms with E-state index >= 15 is 0 Å². The molecule has 0 saturated carbocycles. The van der Waals surface area contributed by atoms with Crippen molar-refractivity contribution in [2.75, 3.05) is 13.6 Å². The summed E-state index contributed by atoms with van der Waals surface area (Å²) in [7, 11) is 1.99. The van der Waals surface area contributed by atoms with Crippen molar-refractivity contribution in [3.8, 4) is 0 Å². The molecule has 0 radical (unpaired) electrons. The number of hydrogen-bond donors (Lipinski definition) is 1. The van der Waals surface area contributed by atoms with E-state index in [-0.39, 0.29) is 0 Å². The summed E-state index contributed by atoms with van der Waals surface area (Å²) in [5, 5.41) is 9.35. The van der Waals surface area contributed by atoms with Crippen LogP contribution in [0.3, 0.4) is 0 Å². The van der Waals surface area contributed by atoms with Crippen LogP contribution < -0.4 is 0 Å². The van der Waals surface area contributed by atoms with Gasteiger partial charge in [0.2, 0.25) is 0 Å². The summed E-state index contributed by atoms with van der Waals surface area (Å²) < 4.78 is 0. The molecule has 0 heterocycles. The van der Waals surface area contributed by atoms with Crippen molar-refractivity contribution in [1.29, 1.82) is 0 Å². The number of aliphatic hydroxyl groups excluding tert-OH is 1. The molecule has 0 aromatic heterocycles. The van der Waals surface area contributed by atoms with Crippen LogP contribution in [-0.2, 0) is 6.54 Å². The lowest BCUT2D eigenvalue weighted by Gasteiger charge is -2.18. The maximum atomic E-state index is 9.35. The number of likely N-dealkylation sites (N-methyl/N-ethyl adjacent to an activating group) is 1. The molecule has 0 saturated heterocycles. The lowest BCUT2D eigenvalue weighted by atomic mass is 10.2. The summed E-state index contributed by atoms with van der Waals surface area (Å²) in [6.07, 6.45) is 1.12. The number of aliphatic hydroxyl groups is 1. The highest BCUT2D eigenvalue weighted by Gasteiger charge is 2.04. The van der Waals surface area contributed by atoms with Gasteiger partial charge in [0.15, 0.2) is 0 Å². The van der Waals surface area contributed by atoms with Crippen LogP contribution in [0.4, 0.5) is 0 Å². The van der Waals surface area contributed by atoms with Crippen LogP contribution in [0.25, 0.3) is 0 Å². The fourth-order valence-corrected chi connectivity index (χ4v) is 1.35. The molecular formula is C12H17NO. The average Bonchev–Trinajstić information content (AvgIpc) is 2.19. The van der Waals surface area contributed by atoms with Gasteiger partial charge in [0.1, 0.15) is 0 Å². The van der Waals surface area contributed by atoms with Crippen LogP contribution in [0.5, 0.6) is 0 Å². The Bertz CT molecular complexity index is 271. The highest BCUT2D eigenvalue weighted by atomic mass is 16.3. The topological polar surface area (TPSA) is 23.5 Å². The van der Waals surface area contributed by atoms with Gasteiger partial charge in [-0.25, -0.2) is 0 Å². The monoisotopic (exact) mass is 191 g/mol. The molecule has 2 nitrogen and oxygen atoms in total. The van der Waals surface area contributed by atoms with Gasteiger partial charge in [-0.1, -0.05) is 36.4 Å². The van der Waals surface area contributed by atoms with E-state index in [1.165, 1.54) is 5.56 Å². The SMILES string of the molecule is C=CC(O)CN(C)Cc1ccccc1. The van der Waals surface area contributed by atoms with Gasteiger partial charge in [-0.05, 0) is 12.6 Å². The van der Waals surface area contributed by atoms with Crippen molar-refractivity contribution in [2.24, 2.45) is 0 Å². The lowest BCUT2D eigenvalue weighted by molar-refractivity contribution is 0.161. The van der Waals surface area contributed by atoms with Gasteiger partial charge in [-0.3, -0.25) is 4.90 Å². The van der Waals surface area contributed by atoms with Crippen molar-refractivity contribution in [3.63, 3.8) is 0 Å². The molecule has 1 aromatic rings. The Balaban J connectivity index is 2.41. The van der Waals surface area contributed by atoms with E-state index in [0.29, 0.717) is 6.54 Å². The largest absolute Gasteiger partial charge is 0.388 e. The summed E-state index contributed by atoms with van der Waals surface area (Å²) in [4.78, 5) is 2.07. The third kappa shape index (κ3) is 3.73. The maximum absolute atomic E-state index is 9.35. The molecular weight excluding hydrogens is 174 g/mol. The van der Waals surface area contributed by atoms with E-state index in [1.54, 1.807) is 6.08 Å². The van der Waals surface area contributed by atoms with Gasteiger partial charge in [0.25, 0.3) is 0 Å². The summed E-state index contributed by atoms with van der Waals surface area (Å²) in [6, 6.07) is 10.2. The molecule has 14 heavy (non-hydrogen) atoms. The van der Waals surface area contributed by atoms with E-state index in [0.717, 1.165) is 6.54 Å². The van der Waals surface area contributed by atoms with Gasteiger partial charge in [-0.2, -0.15) is 0 Å². The molecule has 1 aromatic carbocycles. The molecule has 0 aliphatic heterocycles. The average molecular weight is 191 g/mol. The second-order valence-corrected chi connectivity index (χ2v) is 3.49. The number of rotatable bonds is 5. The Morgan fingerprint density at radius 1 is 1.43 bits per heavy atom. The van der Waals surface area contributed by atoms with Crippen molar-refractivity contribution in [2.45, 2.75) is 12.6 Å². The third-order valence-electron chi connectivity index (χ3n) is 2.07. The van der Waals surface area contributed by atoms with Crippen molar-refractivity contribution >= 4 is 0 Å². The molecule has 76 valence electrons. The molecule has 0 bridgehead atoms. The molecule has 1 atom stereocenters. The molecule has 2 heteroatoms. The first-order valence-corrected chi connectivity index (χ1v) is 4.75. The van der Waals surface area contributed by atoms with Crippen LogP contribution in [-0.4, -0.2) is 29.7 Å². The second kappa shape index (κ2) is 5.58. The Morgan fingerprint density at radius 2 is 2.07 bits per heavy atom. The maximum Gasteiger partial charge on any atom is 0.0845 e. The highest BCUT2D eigenvalue weighted by Crippen LogP contribution is 2.03. The molecule has 1 rings (SSSR count). The lowest BCUT2D eigenvalue weighted by Crippen LogP contribution is -2.27. The van der Waals surface area contributed by atoms with Crippen LogP contribution >= 0.6 is 0 Å². The standard InChI is InChI=1S/C12H17NO/c1-3-12(14)10-13(2)9-11-7-5-4-6-8-11/h3-8,12,14H,1,9-10H2,2H3. The minimum absolute atomic E-state index is 0.441.